The zero-order valence-corrected chi connectivity index (χ0v) is 12.0. The number of carbonyl (C=O) groups excluding carboxylic acids is 1. The second-order valence-corrected chi connectivity index (χ2v) is 5.11. The maximum absolute atomic E-state index is 12.3. The Morgan fingerprint density at radius 3 is 2.67 bits per heavy atom. The lowest BCUT2D eigenvalue weighted by atomic mass is 9.88. The SMILES string of the molecule is CN(C)CCO/N=C1/c2ccccc2C(=O)c2occc21. The van der Waals surface area contributed by atoms with E-state index >= 15 is 0 Å². The first-order chi connectivity index (χ1) is 10.2. The van der Waals surface area contributed by atoms with E-state index in [1.807, 2.05) is 37.2 Å². The number of hydrogen-bond acceptors (Lipinski definition) is 5. The molecule has 0 spiro atoms. The highest BCUT2D eigenvalue weighted by Crippen LogP contribution is 2.28. The lowest BCUT2D eigenvalue weighted by Gasteiger charge is -2.16. The van der Waals surface area contributed by atoms with Crippen molar-refractivity contribution >= 4 is 11.5 Å². The Kier molecular flexibility index (Phi) is 3.58. The van der Waals surface area contributed by atoms with Crippen LogP contribution in [0.5, 0.6) is 0 Å². The smallest absolute Gasteiger partial charge is 0.229 e. The van der Waals surface area contributed by atoms with Gasteiger partial charge in [0.05, 0.1) is 11.8 Å². The first-order valence-corrected chi connectivity index (χ1v) is 6.75. The van der Waals surface area contributed by atoms with Crippen LogP contribution in [-0.2, 0) is 4.84 Å². The van der Waals surface area contributed by atoms with Crippen LogP contribution in [-0.4, -0.2) is 43.6 Å². The van der Waals surface area contributed by atoms with Gasteiger partial charge in [-0.15, -0.1) is 0 Å². The minimum Gasteiger partial charge on any atom is -0.460 e. The van der Waals surface area contributed by atoms with E-state index in [1.165, 1.54) is 6.26 Å². The number of ketones is 1. The molecule has 21 heavy (non-hydrogen) atoms. The molecule has 0 saturated heterocycles. The van der Waals surface area contributed by atoms with Crippen molar-refractivity contribution < 1.29 is 14.0 Å². The Hall–Kier alpha value is -2.40. The van der Waals surface area contributed by atoms with E-state index < -0.39 is 0 Å². The number of oxime groups is 1. The molecule has 2 aromatic rings. The fourth-order valence-electron chi connectivity index (χ4n) is 2.26. The number of benzene rings is 1. The highest BCUT2D eigenvalue weighted by Gasteiger charge is 2.31. The zero-order chi connectivity index (χ0) is 14.8. The van der Waals surface area contributed by atoms with E-state index in [-0.39, 0.29) is 5.78 Å². The Bertz CT molecular complexity index is 701. The lowest BCUT2D eigenvalue weighted by Crippen LogP contribution is -2.21. The number of carbonyl (C=O) groups is 1. The van der Waals surface area contributed by atoms with Crippen LogP contribution in [0.15, 0.2) is 46.2 Å². The van der Waals surface area contributed by atoms with Crippen LogP contribution < -0.4 is 0 Å². The van der Waals surface area contributed by atoms with Gasteiger partial charge in [-0.1, -0.05) is 29.4 Å². The van der Waals surface area contributed by atoms with Crippen LogP contribution in [0.4, 0.5) is 0 Å². The number of furan rings is 1. The molecule has 0 radical (unpaired) electrons. The topological polar surface area (TPSA) is 55.0 Å². The molecule has 0 N–H and O–H groups in total. The van der Waals surface area contributed by atoms with Crippen molar-refractivity contribution in [3.63, 3.8) is 0 Å². The maximum Gasteiger partial charge on any atom is 0.229 e. The second-order valence-electron chi connectivity index (χ2n) is 5.11. The van der Waals surface area contributed by atoms with Gasteiger partial charge in [0.25, 0.3) is 0 Å². The van der Waals surface area contributed by atoms with Gasteiger partial charge in [-0.25, -0.2) is 0 Å². The zero-order valence-electron chi connectivity index (χ0n) is 12.0. The van der Waals surface area contributed by atoms with Gasteiger partial charge in [0.1, 0.15) is 12.3 Å². The Labute approximate surface area is 122 Å². The summed E-state index contributed by atoms with van der Waals surface area (Å²) in [5.41, 5.74) is 2.70. The number of fused-ring (bicyclic) bond motifs is 2. The van der Waals surface area contributed by atoms with Gasteiger partial charge in [-0.05, 0) is 20.2 Å². The molecule has 0 atom stereocenters. The van der Waals surface area contributed by atoms with Crippen LogP contribution in [0.1, 0.15) is 27.2 Å². The first kappa shape index (κ1) is 13.6. The largest absolute Gasteiger partial charge is 0.460 e. The summed E-state index contributed by atoms with van der Waals surface area (Å²) in [5.74, 6) is 0.210. The van der Waals surface area contributed by atoms with Crippen molar-refractivity contribution in [1.29, 1.82) is 0 Å². The summed E-state index contributed by atoms with van der Waals surface area (Å²) in [6.45, 7) is 1.26. The molecule has 0 saturated carbocycles. The Balaban J connectivity index is 1.96. The molecule has 5 nitrogen and oxygen atoms in total. The summed E-state index contributed by atoms with van der Waals surface area (Å²) in [4.78, 5) is 19.7. The summed E-state index contributed by atoms with van der Waals surface area (Å²) in [6.07, 6.45) is 1.50. The molecule has 1 heterocycles. The Morgan fingerprint density at radius 1 is 1.14 bits per heavy atom. The van der Waals surface area contributed by atoms with Crippen LogP contribution in [0.25, 0.3) is 0 Å². The second kappa shape index (κ2) is 5.54. The monoisotopic (exact) mass is 284 g/mol. The van der Waals surface area contributed by atoms with E-state index in [0.717, 1.165) is 12.1 Å². The van der Waals surface area contributed by atoms with Gasteiger partial charge in [-0.3, -0.25) is 4.79 Å². The first-order valence-electron chi connectivity index (χ1n) is 6.75. The molecule has 0 amide bonds. The average molecular weight is 284 g/mol. The van der Waals surface area contributed by atoms with Crippen molar-refractivity contribution in [3.05, 3.63) is 59.0 Å². The molecule has 0 bridgehead atoms. The van der Waals surface area contributed by atoms with Crippen molar-refractivity contribution in [2.24, 2.45) is 5.16 Å². The van der Waals surface area contributed by atoms with E-state index in [2.05, 4.69) is 5.16 Å². The third-order valence-electron chi connectivity index (χ3n) is 3.34. The molecule has 1 aliphatic carbocycles. The van der Waals surface area contributed by atoms with Gasteiger partial charge in [0.15, 0.2) is 5.76 Å². The number of hydrogen-bond donors (Lipinski definition) is 0. The molecule has 1 aromatic carbocycles. The van der Waals surface area contributed by atoms with Crippen LogP contribution >= 0.6 is 0 Å². The van der Waals surface area contributed by atoms with Crippen LogP contribution in [0.3, 0.4) is 0 Å². The molecule has 0 unspecified atom stereocenters. The van der Waals surface area contributed by atoms with Gasteiger partial charge in [-0.2, -0.15) is 0 Å². The normalized spacial score (nSPS) is 15.2. The quantitative estimate of drug-likeness (QED) is 0.544. The molecule has 0 aliphatic heterocycles. The third kappa shape index (κ3) is 2.48. The van der Waals surface area contributed by atoms with Gasteiger partial charge >= 0.3 is 0 Å². The Morgan fingerprint density at radius 2 is 1.90 bits per heavy atom. The third-order valence-corrected chi connectivity index (χ3v) is 3.34. The van der Waals surface area contributed by atoms with Crippen LogP contribution in [0.2, 0.25) is 0 Å². The van der Waals surface area contributed by atoms with E-state index in [0.29, 0.717) is 29.2 Å². The minimum absolute atomic E-state index is 0.113. The number of likely N-dealkylation sites (N-methyl/N-ethyl adjacent to an activating group) is 1. The number of rotatable bonds is 4. The fraction of sp³-hybridized carbons (Fsp3) is 0.250. The summed E-state index contributed by atoms with van der Waals surface area (Å²) >= 11 is 0. The van der Waals surface area contributed by atoms with Crippen molar-refractivity contribution in [2.75, 3.05) is 27.2 Å². The highest BCUT2D eigenvalue weighted by atomic mass is 16.6. The summed E-state index contributed by atoms with van der Waals surface area (Å²) in [5, 5.41) is 4.22. The van der Waals surface area contributed by atoms with E-state index in [4.69, 9.17) is 9.25 Å². The molecule has 5 heteroatoms. The molecule has 0 fully saturated rings. The fourth-order valence-corrected chi connectivity index (χ4v) is 2.26. The van der Waals surface area contributed by atoms with Crippen molar-refractivity contribution in [1.82, 2.24) is 4.90 Å². The van der Waals surface area contributed by atoms with Crippen molar-refractivity contribution in [2.45, 2.75) is 0 Å². The maximum atomic E-state index is 12.3. The summed E-state index contributed by atoms with van der Waals surface area (Å²) in [6, 6.07) is 9.11. The molecular formula is C16H16N2O3. The predicted molar refractivity (Wildman–Crippen MR) is 78.7 cm³/mol. The minimum atomic E-state index is -0.113. The van der Waals surface area contributed by atoms with Crippen LogP contribution in [0, 0.1) is 0 Å². The van der Waals surface area contributed by atoms with Gasteiger partial charge < -0.3 is 14.2 Å². The summed E-state index contributed by atoms with van der Waals surface area (Å²) < 4.78 is 5.31. The predicted octanol–water partition coefficient (Wildman–Crippen LogP) is 2.15. The molecule has 108 valence electrons. The van der Waals surface area contributed by atoms with Gasteiger partial charge in [0.2, 0.25) is 5.78 Å². The summed E-state index contributed by atoms with van der Waals surface area (Å²) in [7, 11) is 3.94. The van der Waals surface area contributed by atoms with Crippen molar-refractivity contribution in [3.8, 4) is 0 Å². The number of nitrogens with zero attached hydrogens (tertiary/aromatic N) is 2. The van der Waals surface area contributed by atoms with E-state index in [1.54, 1.807) is 12.1 Å². The molecular weight excluding hydrogens is 268 g/mol. The van der Waals surface area contributed by atoms with E-state index in [9.17, 15) is 4.79 Å². The molecule has 1 aromatic heterocycles. The lowest BCUT2D eigenvalue weighted by molar-refractivity contribution is 0.101. The molecule has 3 rings (SSSR count). The standard InChI is InChI=1S/C16H16N2O3/c1-18(2)8-10-21-17-14-11-5-3-4-6-12(11)15(19)16-13(14)7-9-20-16/h3-7,9H,8,10H2,1-2H3/b17-14-. The molecule has 1 aliphatic rings. The average Bonchev–Trinajstić information content (AvgIpc) is 2.96. The van der Waals surface area contributed by atoms with Gasteiger partial charge in [0, 0.05) is 17.7 Å². The highest BCUT2D eigenvalue weighted by molar-refractivity contribution is 6.28.